The van der Waals surface area contributed by atoms with E-state index in [1.165, 1.54) is 0 Å². The quantitative estimate of drug-likeness (QED) is 0.632. The molecule has 4 heteroatoms. The van der Waals surface area contributed by atoms with Crippen LogP contribution in [0.1, 0.15) is 33.6 Å². The van der Waals surface area contributed by atoms with Crippen LogP contribution in [0.15, 0.2) is 4.74 Å². The van der Waals surface area contributed by atoms with Gasteiger partial charge in [-0.05, 0) is 28.8 Å². The Labute approximate surface area is 82.8 Å². The number of carbonyl (C=O) groups is 1. The molecule has 0 bridgehead atoms. The third-order valence-electron chi connectivity index (χ3n) is 1.97. The van der Waals surface area contributed by atoms with Gasteiger partial charge in [-0.3, -0.25) is 9.54 Å². The molecule has 0 aromatic heterocycles. The maximum absolute atomic E-state index is 11.4. The third kappa shape index (κ3) is 3.86. The molecule has 13 heavy (non-hydrogen) atoms. The van der Waals surface area contributed by atoms with E-state index in [1.54, 1.807) is 6.92 Å². The van der Waals surface area contributed by atoms with Crippen molar-refractivity contribution < 1.29 is 4.79 Å². The molecule has 0 radical (unpaired) electrons. The van der Waals surface area contributed by atoms with E-state index in [-0.39, 0.29) is 11.9 Å². The van der Waals surface area contributed by atoms with Crippen LogP contribution in [0.2, 0.25) is 0 Å². The first-order valence-electron chi connectivity index (χ1n) is 4.91. The van der Waals surface area contributed by atoms with Gasteiger partial charge in [-0.1, -0.05) is 13.8 Å². The molecule has 1 amide bonds. The molecule has 0 spiro atoms. The fraction of sp³-hybridized carbons (Fsp3) is 0.889. The van der Waals surface area contributed by atoms with E-state index < -0.39 is 0 Å². The van der Waals surface area contributed by atoms with Crippen LogP contribution in [0.5, 0.6) is 0 Å². The molecule has 0 aliphatic carbocycles. The van der Waals surface area contributed by atoms with E-state index in [2.05, 4.69) is 13.8 Å². The lowest BCUT2D eigenvalue weighted by Crippen LogP contribution is -2.34. The summed E-state index contributed by atoms with van der Waals surface area (Å²) in [5.41, 5.74) is 0. The fourth-order valence-electron chi connectivity index (χ4n) is 1.26. The van der Waals surface area contributed by atoms with Gasteiger partial charge in [0.1, 0.15) is 6.04 Å². The van der Waals surface area contributed by atoms with Crippen molar-refractivity contribution in [1.29, 1.82) is 0 Å². The van der Waals surface area contributed by atoms with Crippen LogP contribution in [0.4, 0.5) is 0 Å². The van der Waals surface area contributed by atoms with E-state index in [9.17, 15) is 4.79 Å². The number of amides is 1. The van der Waals surface area contributed by atoms with Gasteiger partial charge < -0.3 is 4.90 Å². The molecule has 1 fully saturated rings. The van der Waals surface area contributed by atoms with E-state index in [4.69, 9.17) is 0 Å². The van der Waals surface area contributed by atoms with Crippen LogP contribution in [0, 0.1) is 0 Å². The number of hydrogen-bond donors (Lipinski definition) is 0. The highest BCUT2D eigenvalue weighted by molar-refractivity contribution is 7.04. The second-order valence-corrected chi connectivity index (χ2v) is 3.10. The van der Waals surface area contributed by atoms with Crippen molar-refractivity contribution in [3.63, 3.8) is 0 Å². The lowest BCUT2D eigenvalue weighted by atomic mass is 10.3. The second-order valence-electron chi connectivity index (χ2n) is 2.84. The van der Waals surface area contributed by atoms with Crippen molar-refractivity contribution in [2.45, 2.75) is 39.7 Å². The summed E-state index contributed by atoms with van der Waals surface area (Å²) >= 11 is 0. The van der Waals surface area contributed by atoms with Crippen LogP contribution in [-0.2, 0) is 4.79 Å². The summed E-state index contributed by atoms with van der Waals surface area (Å²) in [6.07, 6.45) is 2.28. The first kappa shape index (κ1) is 12.6. The van der Waals surface area contributed by atoms with Crippen molar-refractivity contribution >= 4 is 14.9 Å². The highest BCUT2D eigenvalue weighted by Crippen LogP contribution is 2.10. The van der Waals surface area contributed by atoms with E-state index in [1.807, 2.05) is 18.7 Å². The molecule has 1 atom stereocenters. The monoisotopic (exact) mass is 202 g/mol. The highest BCUT2D eigenvalue weighted by Gasteiger charge is 2.21. The van der Waals surface area contributed by atoms with Crippen LogP contribution < -0.4 is 0 Å². The zero-order valence-electron chi connectivity index (χ0n) is 8.71. The molecule has 0 aromatic carbocycles. The Morgan fingerprint density at radius 2 is 1.85 bits per heavy atom. The summed E-state index contributed by atoms with van der Waals surface area (Å²) in [4.78, 5) is 13.2. The maximum atomic E-state index is 11.4. The lowest BCUT2D eigenvalue weighted by Gasteiger charge is -2.16. The Morgan fingerprint density at radius 1 is 1.38 bits per heavy atom. The summed E-state index contributed by atoms with van der Waals surface area (Å²) in [5.74, 6) is 0.137. The van der Waals surface area contributed by atoms with Gasteiger partial charge in [0.25, 0.3) is 0 Å². The molecule has 76 valence electrons. The van der Waals surface area contributed by atoms with Crippen molar-refractivity contribution in [3.05, 3.63) is 0 Å². The lowest BCUT2D eigenvalue weighted by molar-refractivity contribution is -0.130. The van der Waals surface area contributed by atoms with Gasteiger partial charge in [0, 0.05) is 13.1 Å². The number of nitrogens with zero attached hydrogens (tertiary/aromatic N) is 2. The molecule has 1 rings (SSSR count). The average Bonchev–Trinajstić information content (AvgIpc) is 2.71. The Kier molecular flexibility index (Phi) is 6.79. The molecule has 1 aliphatic rings. The minimum absolute atomic E-state index is 0.137. The first-order valence-corrected chi connectivity index (χ1v) is 5.36. The Balaban J connectivity index is 0.000000671. The molecule has 1 unspecified atom stereocenters. The standard InChI is InChI=1S/C7H13N2OP.C2H6/c1-6(8-11)7(10)9-4-2-3-5-9;1-2/h6,11H,2-5H2,1H3;1-2H3. The topological polar surface area (TPSA) is 32.7 Å². The second kappa shape index (κ2) is 7.02. The molecule has 1 saturated heterocycles. The predicted molar refractivity (Wildman–Crippen MR) is 57.4 cm³/mol. The van der Waals surface area contributed by atoms with Crippen LogP contribution in [-0.4, -0.2) is 29.9 Å². The van der Waals surface area contributed by atoms with Crippen molar-refractivity contribution in [2.24, 2.45) is 4.74 Å². The molecule has 1 heterocycles. The highest BCUT2D eigenvalue weighted by atomic mass is 31.0. The summed E-state index contributed by atoms with van der Waals surface area (Å²) in [6.45, 7) is 7.61. The van der Waals surface area contributed by atoms with Crippen molar-refractivity contribution in [1.82, 2.24) is 4.90 Å². The van der Waals surface area contributed by atoms with Crippen molar-refractivity contribution in [2.75, 3.05) is 13.1 Å². The summed E-state index contributed by atoms with van der Waals surface area (Å²) in [7, 11) is 2.99. The van der Waals surface area contributed by atoms with E-state index in [0.29, 0.717) is 0 Å². The molecule has 0 aromatic rings. The van der Waals surface area contributed by atoms with Gasteiger partial charge in [-0.2, -0.15) is 0 Å². The zero-order valence-corrected chi connectivity index (χ0v) is 9.71. The maximum Gasteiger partial charge on any atom is 0.247 e. The largest absolute Gasteiger partial charge is 0.341 e. The Hall–Kier alpha value is -0.430. The van der Waals surface area contributed by atoms with Gasteiger partial charge in [-0.25, -0.2) is 0 Å². The Morgan fingerprint density at radius 3 is 2.23 bits per heavy atom. The average molecular weight is 202 g/mol. The summed E-state index contributed by atoms with van der Waals surface area (Å²) in [6, 6.07) is -0.232. The zero-order chi connectivity index (χ0) is 10.3. The van der Waals surface area contributed by atoms with E-state index in [0.717, 1.165) is 25.9 Å². The molecular weight excluding hydrogens is 183 g/mol. The molecule has 1 aliphatic heterocycles. The summed E-state index contributed by atoms with van der Waals surface area (Å²) < 4.78 is 3.75. The number of hydrogen-bond acceptors (Lipinski definition) is 2. The van der Waals surface area contributed by atoms with Gasteiger partial charge in [-0.15, -0.1) is 0 Å². The van der Waals surface area contributed by atoms with Crippen LogP contribution >= 0.6 is 9.03 Å². The minimum Gasteiger partial charge on any atom is -0.341 e. The van der Waals surface area contributed by atoms with E-state index >= 15 is 0 Å². The predicted octanol–water partition coefficient (Wildman–Crippen LogP) is 2.35. The van der Waals surface area contributed by atoms with Crippen LogP contribution in [0.25, 0.3) is 0 Å². The minimum atomic E-state index is -0.232. The number of carbonyl (C=O) groups excluding carboxylic acids is 1. The number of likely N-dealkylation sites (tertiary alicyclic amines) is 1. The normalized spacial score (nSPS) is 17.3. The van der Waals surface area contributed by atoms with Crippen molar-refractivity contribution in [3.8, 4) is 0 Å². The Bertz CT molecular complexity index is 167. The SMILES string of the molecule is CC.CC(N=P)C(=O)N1CCCC1. The third-order valence-corrected chi connectivity index (χ3v) is 2.36. The smallest absolute Gasteiger partial charge is 0.247 e. The first-order chi connectivity index (χ1) is 6.25. The molecule has 0 N–H and O–H groups in total. The fourth-order valence-corrected chi connectivity index (χ4v) is 1.37. The molecular formula is C9H19N2OP. The number of rotatable bonds is 2. The van der Waals surface area contributed by atoms with Gasteiger partial charge in [0.05, 0.1) is 0 Å². The van der Waals surface area contributed by atoms with Gasteiger partial charge in [0.2, 0.25) is 5.91 Å². The summed E-state index contributed by atoms with van der Waals surface area (Å²) in [5, 5.41) is 0. The van der Waals surface area contributed by atoms with Gasteiger partial charge in [0.15, 0.2) is 0 Å². The van der Waals surface area contributed by atoms with Crippen LogP contribution in [0.3, 0.4) is 0 Å². The van der Waals surface area contributed by atoms with Gasteiger partial charge >= 0.3 is 0 Å². The molecule has 0 saturated carbocycles. The molecule has 3 nitrogen and oxygen atoms in total.